The summed E-state index contributed by atoms with van der Waals surface area (Å²) in [6.07, 6.45) is 0. The maximum atomic E-state index is 10.6. The van der Waals surface area contributed by atoms with Crippen molar-refractivity contribution in [3.63, 3.8) is 0 Å². The van der Waals surface area contributed by atoms with Gasteiger partial charge in [-0.05, 0) is 23.8 Å². The molecule has 1 aromatic carbocycles. The third-order valence-electron chi connectivity index (χ3n) is 1.93. The van der Waals surface area contributed by atoms with Crippen molar-refractivity contribution in [1.29, 1.82) is 0 Å². The van der Waals surface area contributed by atoms with Crippen LogP contribution in [0.4, 0.5) is 5.69 Å². The fourth-order valence-electron chi connectivity index (χ4n) is 1.13. The number of aromatic carboxylic acids is 1. The summed E-state index contributed by atoms with van der Waals surface area (Å²) in [5, 5.41) is 17.5. The van der Waals surface area contributed by atoms with Gasteiger partial charge in [0.1, 0.15) is 0 Å². The normalized spacial score (nSPS) is 12.4. The molecule has 0 spiro atoms. The predicted molar refractivity (Wildman–Crippen MR) is 51.8 cm³/mol. The first-order valence-electron chi connectivity index (χ1n) is 4.05. The lowest BCUT2D eigenvalue weighted by atomic mass is 10.0. The Balaban J connectivity index is 3.14. The summed E-state index contributed by atoms with van der Waals surface area (Å²) in [5.41, 5.74) is 12.1. The van der Waals surface area contributed by atoms with E-state index in [0.717, 1.165) is 0 Å². The molecule has 0 aliphatic heterocycles. The van der Waals surface area contributed by atoms with E-state index in [1.54, 1.807) is 0 Å². The van der Waals surface area contributed by atoms with Crippen molar-refractivity contribution in [1.82, 2.24) is 0 Å². The van der Waals surface area contributed by atoms with Gasteiger partial charge in [-0.15, -0.1) is 0 Å². The van der Waals surface area contributed by atoms with Crippen molar-refractivity contribution in [2.45, 2.75) is 6.04 Å². The van der Waals surface area contributed by atoms with Gasteiger partial charge in [0.15, 0.2) is 0 Å². The van der Waals surface area contributed by atoms with Crippen LogP contribution in [0.3, 0.4) is 0 Å². The standard InChI is InChI=1S/C9H12N2O3/c10-7-2-1-5(9(13)14)3-6(7)8(11)4-12/h1-3,8,12H,4,10-11H2,(H,13,14)/t8-/m1/s1. The summed E-state index contributed by atoms with van der Waals surface area (Å²) in [6.45, 7) is -0.271. The number of anilines is 1. The van der Waals surface area contributed by atoms with Crippen LogP contribution < -0.4 is 11.5 Å². The number of hydrogen-bond acceptors (Lipinski definition) is 4. The van der Waals surface area contributed by atoms with E-state index in [9.17, 15) is 4.79 Å². The number of nitrogen functional groups attached to an aromatic ring is 1. The molecule has 0 aliphatic carbocycles. The molecule has 0 amide bonds. The first-order valence-corrected chi connectivity index (χ1v) is 4.05. The highest BCUT2D eigenvalue weighted by Crippen LogP contribution is 2.19. The SMILES string of the molecule is Nc1ccc(C(=O)O)cc1[C@H](N)CO. The molecule has 0 aliphatic rings. The summed E-state index contributed by atoms with van der Waals surface area (Å²) < 4.78 is 0. The second kappa shape index (κ2) is 4.08. The van der Waals surface area contributed by atoms with Crippen LogP contribution in [0.2, 0.25) is 0 Å². The van der Waals surface area contributed by atoms with Crippen LogP contribution in [0.1, 0.15) is 22.0 Å². The monoisotopic (exact) mass is 196 g/mol. The first kappa shape index (κ1) is 10.5. The van der Waals surface area contributed by atoms with E-state index < -0.39 is 12.0 Å². The van der Waals surface area contributed by atoms with Gasteiger partial charge in [0.05, 0.1) is 18.2 Å². The molecule has 1 rings (SSSR count). The Bertz CT molecular complexity index is 352. The van der Waals surface area contributed by atoms with E-state index in [4.69, 9.17) is 21.7 Å². The number of hydrogen-bond donors (Lipinski definition) is 4. The third-order valence-corrected chi connectivity index (χ3v) is 1.93. The number of aliphatic hydroxyl groups is 1. The Labute approximate surface area is 81.0 Å². The molecule has 0 bridgehead atoms. The van der Waals surface area contributed by atoms with Crippen LogP contribution in [0.25, 0.3) is 0 Å². The van der Waals surface area contributed by atoms with Gasteiger partial charge in [-0.2, -0.15) is 0 Å². The van der Waals surface area contributed by atoms with Gasteiger partial charge in [-0.25, -0.2) is 4.79 Å². The summed E-state index contributed by atoms with van der Waals surface area (Å²) in [5.74, 6) is -1.05. The highest BCUT2D eigenvalue weighted by Gasteiger charge is 2.11. The van der Waals surface area contributed by atoms with Gasteiger partial charge in [-0.3, -0.25) is 0 Å². The molecule has 6 N–H and O–H groups in total. The summed E-state index contributed by atoms with van der Waals surface area (Å²) in [7, 11) is 0. The number of carboxylic acids is 1. The minimum Gasteiger partial charge on any atom is -0.478 e. The Hall–Kier alpha value is -1.59. The maximum absolute atomic E-state index is 10.6. The van der Waals surface area contributed by atoms with Crippen molar-refractivity contribution in [2.75, 3.05) is 12.3 Å². The highest BCUT2D eigenvalue weighted by atomic mass is 16.4. The Kier molecular flexibility index (Phi) is 3.06. The van der Waals surface area contributed by atoms with E-state index >= 15 is 0 Å². The molecule has 14 heavy (non-hydrogen) atoms. The highest BCUT2D eigenvalue weighted by molar-refractivity contribution is 5.88. The first-order chi connectivity index (χ1) is 6.56. The van der Waals surface area contributed by atoms with Crippen LogP contribution in [0.5, 0.6) is 0 Å². The summed E-state index contributed by atoms with van der Waals surface area (Å²) in [4.78, 5) is 10.6. The lowest BCUT2D eigenvalue weighted by Crippen LogP contribution is -2.17. The number of carboxylic acid groups (broad SMARTS) is 1. The molecule has 0 fully saturated rings. The molecule has 0 radical (unpaired) electrons. The fraction of sp³-hybridized carbons (Fsp3) is 0.222. The summed E-state index contributed by atoms with van der Waals surface area (Å²) in [6, 6.07) is 3.59. The van der Waals surface area contributed by atoms with Crippen molar-refractivity contribution in [3.8, 4) is 0 Å². The van der Waals surface area contributed by atoms with E-state index in [0.29, 0.717) is 11.3 Å². The van der Waals surface area contributed by atoms with Gasteiger partial charge >= 0.3 is 5.97 Å². The maximum Gasteiger partial charge on any atom is 0.335 e. The second-order valence-electron chi connectivity index (χ2n) is 2.94. The smallest absolute Gasteiger partial charge is 0.335 e. The zero-order valence-corrected chi connectivity index (χ0v) is 7.47. The molecular weight excluding hydrogens is 184 g/mol. The topological polar surface area (TPSA) is 110 Å². The molecule has 1 atom stereocenters. The van der Waals surface area contributed by atoms with Gasteiger partial charge in [-0.1, -0.05) is 0 Å². The number of rotatable bonds is 3. The molecule has 0 saturated carbocycles. The van der Waals surface area contributed by atoms with Crippen LogP contribution in [-0.4, -0.2) is 22.8 Å². The number of benzene rings is 1. The van der Waals surface area contributed by atoms with Crippen LogP contribution in [-0.2, 0) is 0 Å². The van der Waals surface area contributed by atoms with Crippen molar-refractivity contribution < 1.29 is 15.0 Å². The zero-order chi connectivity index (χ0) is 10.7. The second-order valence-corrected chi connectivity index (χ2v) is 2.94. The van der Waals surface area contributed by atoms with Crippen LogP contribution in [0, 0.1) is 0 Å². The average molecular weight is 196 g/mol. The van der Waals surface area contributed by atoms with Gasteiger partial charge < -0.3 is 21.7 Å². The van der Waals surface area contributed by atoms with Crippen molar-refractivity contribution in [3.05, 3.63) is 29.3 Å². The minimum absolute atomic E-state index is 0.109. The predicted octanol–water partition coefficient (Wildman–Crippen LogP) is -0.0409. The molecule has 0 aromatic heterocycles. The molecule has 5 nitrogen and oxygen atoms in total. The quantitative estimate of drug-likeness (QED) is 0.507. The Morgan fingerprint density at radius 1 is 1.50 bits per heavy atom. The zero-order valence-electron chi connectivity index (χ0n) is 7.47. The summed E-state index contributed by atoms with van der Waals surface area (Å²) >= 11 is 0. The van der Waals surface area contributed by atoms with E-state index in [1.807, 2.05) is 0 Å². The van der Waals surface area contributed by atoms with Crippen LogP contribution >= 0.6 is 0 Å². The van der Waals surface area contributed by atoms with Crippen LogP contribution in [0.15, 0.2) is 18.2 Å². The molecule has 76 valence electrons. The van der Waals surface area contributed by atoms with E-state index in [2.05, 4.69) is 0 Å². The molecule has 5 heteroatoms. The van der Waals surface area contributed by atoms with Crippen molar-refractivity contribution in [2.24, 2.45) is 5.73 Å². The van der Waals surface area contributed by atoms with Crippen molar-refractivity contribution >= 4 is 11.7 Å². The van der Waals surface area contributed by atoms with Gasteiger partial charge in [0.25, 0.3) is 0 Å². The lowest BCUT2D eigenvalue weighted by Gasteiger charge is -2.12. The number of aliphatic hydroxyl groups excluding tert-OH is 1. The average Bonchev–Trinajstić information content (AvgIpc) is 2.17. The largest absolute Gasteiger partial charge is 0.478 e. The molecule has 0 saturated heterocycles. The molecule has 0 unspecified atom stereocenters. The Morgan fingerprint density at radius 3 is 2.64 bits per heavy atom. The fourth-order valence-corrected chi connectivity index (χ4v) is 1.13. The van der Waals surface area contributed by atoms with E-state index in [-0.39, 0.29) is 12.2 Å². The van der Waals surface area contributed by atoms with E-state index in [1.165, 1.54) is 18.2 Å². The number of carbonyl (C=O) groups is 1. The van der Waals surface area contributed by atoms with Gasteiger partial charge in [0, 0.05) is 5.69 Å². The molecule has 0 heterocycles. The molecule has 1 aromatic rings. The lowest BCUT2D eigenvalue weighted by molar-refractivity contribution is 0.0696. The van der Waals surface area contributed by atoms with Gasteiger partial charge in [0.2, 0.25) is 0 Å². The third kappa shape index (κ3) is 2.01. The molecular formula is C9H12N2O3. The minimum atomic E-state index is -1.05. The Morgan fingerprint density at radius 2 is 2.14 bits per heavy atom. The number of nitrogens with two attached hydrogens (primary N) is 2.